The van der Waals surface area contributed by atoms with E-state index in [0.29, 0.717) is 13.2 Å². The largest absolute Gasteiger partial charge is 0.454 e. The molecule has 2 rings (SSSR count). The van der Waals surface area contributed by atoms with Crippen LogP contribution in [0, 0.1) is 0 Å². The van der Waals surface area contributed by atoms with Gasteiger partial charge in [-0.1, -0.05) is 18.9 Å². The van der Waals surface area contributed by atoms with Crippen LogP contribution in [0.3, 0.4) is 0 Å². The van der Waals surface area contributed by atoms with Gasteiger partial charge in [0.25, 0.3) is 0 Å². The molecule has 3 heteroatoms. The highest BCUT2D eigenvalue weighted by molar-refractivity contribution is 5.48. The Labute approximate surface area is 102 Å². The highest BCUT2D eigenvalue weighted by Crippen LogP contribution is 2.32. The number of rotatable bonds is 7. The van der Waals surface area contributed by atoms with Gasteiger partial charge < -0.3 is 14.3 Å². The molecule has 0 saturated heterocycles. The number of unbranched alkanes of at least 4 members (excludes halogenated alkanes) is 4. The third-order valence-electron chi connectivity index (χ3n) is 2.97. The van der Waals surface area contributed by atoms with E-state index in [2.05, 4.69) is 12.1 Å². The molecule has 92 valence electrons. The molecule has 1 aromatic rings. The van der Waals surface area contributed by atoms with Crippen molar-refractivity contribution in [3.05, 3.63) is 23.8 Å². The first-order valence-corrected chi connectivity index (χ1v) is 6.22. The molecule has 3 nitrogen and oxygen atoms in total. The predicted octanol–water partition coefficient (Wildman–Crippen LogP) is 3.11. The van der Waals surface area contributed by atoms with Crippen LogP contribution in [-0.4, -0.2) is 13.1 Å². The molecule has 17 heavy (non-hydrogen) atoms. The van der Waals surface area contributed by atoms with Gasteiger partial charge >= 0.3 is 0 Å². The Morgan fingerprint density at radius 2 is 1.88 bits per heavy atom. The smallest absolute Gasteiger partial charge is 0.231 e. The Bertz CT molecular complexity index is 374. The third kappa shape index (κ3) is 3.48. The number of hydrogen-bond acceptors (Lipinski definition) is 3. The van der Waals surface area contributed by atoms with Crippen LogP contribution in [0.5, 0.6) is 11.5 Å². The van der Waals surface area contributed by atoms with E-state index >= 15 is 0 Å². The first-order chi connectivity index (χ1) is 8.40. The molecule has 1 aliphatic rings. The molecule has 0 unspecified atom stereocenters. The van der Waals surface area contributed by atoms with Crippen molar-refractivity contribution in [1.29, 1.82) is 0 Å². The molecule has 1 heterocycles. The van der Waals surface area contributed by atoms with Crippen molar-refractivity contribution in [2.45, 2.75) is 38.5 Å². The quantitative estimate of drug-likeness (QED) is 0.537. The summed E-state index contributed by atoms with van der Waals surface area (Å²) in [4.78, 5) is 10.1. The van der Waals surface area contributed by atoms with Crippen molar-refractivity contribution in [3.63, 3.8) is 0 Å². The number of fused-ring (bicyclic) bond motifs is 1. The van der Waals surface area contributed by atoms with Gasteiger partial charge in [0, 0.05) is 6.42 Å². The standard InChI is InChI=1S/C14H18O3/c15-9-5-3-1-2-4-6-12-7-8-13-14(10-12)17-11-16-13/h7-10H,1-6,11H2. The molecule has 0 fully saturated rings. The lowest BCUT2D eigenvalue weighted by Gasteiger charge is -2.03. The van der Waals surface area contributed by atoms with Gasteiger partial charge in [0.2, 0.25) is 6.79 Å². The summed E-state index contributed by atoms with van der Waals surface area (Å²) in [5.41, 5.74) is 1.30. The minimum absolute atomic E-state index is 0.338. The summed E-state index contributed by atoms with van der Waals surface area (Å²) in [6.07, 6.45) is 7.27. The second-order valence-electron chi connectivity index (χ2n) is 4.31. The fraction of sp³-hybridized carbons (Fsp3) is 0.500. The summed E-state index contributed by atoms with van der Waals surface area (Å²) < 4.78 is 10.6. The third-order valence-corrected chi connectivity index (χ3v) is 2.97. The zero-order chi connectivity index (χ0) is 11.9. The molecule has 0 aromatic heterocycles. The average Bonchev–Trinajstić information content (AvgIpc) is 2.81. The number of hydrogen-bond donors (Lipinski definition) is 0. The molecule has 0 N–H and O–H groups in total. The van der Waals surface area contributed by atoms with Crippen LogP contribution in [0.25, 0.3) is 0 Å². The molecular formula is C14H18O3. The van der Waals surface area contributed by atoms with Crippen LogP contribution < -0.4 is 9.47 Å². The number of aldehydes is 1. The number of carbonyl (C=O) groups is 1. The number of ether oxygens (including phenoxy) is 2. The Balaban J connectivity index is 1.70. The summed E-state index contributed by atoms with van der Waals surface area (Å²) in [7, 11) is 0. The molecule has 0 spiro atoms. The summed E-state index contributed by atoms with van der Waals surface area (Å²) in [5.74, 6) is 1.71. The van der Waals surface area contributed by atoms with E-state index in [9.17, 15) is 4.79 Å². The first-order valence-electron chi connectivity index (χ1n) is 6.22. The van der Waals surface area contributed by atoms with E-state index in [1.807, 2.05) is 6.07 Å². The molecule has 1 aliphatic heterocycles. The van der Waals surface area contributed by atoms with Gasteiger partial charge in [-0.05, 0) is 37.0 Å². The Morgan fingerprint density at radius 3 is 2.76 bits per heavy atom. The second-order valence-corrected chi connectivity index (χ2v) is 4.31. The lowest BCUT2D eigenvalue weighted by Crippen LogP contribution is -1.93. The highest BCUT2D eigenvalue weighted by Gasteiger charge is 2.12. The van der Waals surface area contributed by atoms with Crippen LogP contribution in [0.2, 0.25) is 0 Å². The van der Waals surface area contributed by atoms with Crippen LogP contribution in [-0.2, 0) is 11.2 Å². The Kier molecular flexibility index (Phi) is 4.42. The van der Waals surface area contributed by atoms with E-state index in [-0.39, 0.29) is 0 Å². The normalized spacial score (nSPS) is 12.7. The summed E-state index contributed by atoms with van der Waals surface area (Å²) >= 11 is 0. The van der Waals surface area contributed by atoms with Gasteiger partial charge in [0.1, 0.15) is 6.29 Å². The van der Waals surface area contributed by atoms with E-state index in [1.165, 1.54) is 18.4 Å². The minimum Gasteiger partial charge on any atom is -0.454 e. The molecular weight excluding hydrogens is 216 g/mol. The molecule has 1 aromatic carbocycles. The van der Waals surface area contributed by atoms with E-state index < -0.39 is 0 Å². The Morgan fingerprint density at radius 1 is 1.06 bits per heavy atom. The van der Waals surface area contributed by atoms with Crippen molar-refractivity contribution in [1.82, 2.24) is 0 Å². The minimum atomic E-state index is 0.338. The van der Waals surface area contributed by atoms with Gasteiger partial charge in [-0.15, -0.1) is 0 Å². The van der Waals surface area contributed by atoms with Gasteiger partial charge in [-0.25, -0.2) is 0 Å². The van der Waals surface area contributed by atoms with Gasteiger partial charge in [0.15, 0.2) is 11.5 Å². The molecule has 0 aliphatic carbocycles. The Hall–Kier alpha value is -1.51. The van der Waals surface area contributed by atoms with Crippen LogP contribution in [0.4, 0.5) is 0 Å². The number of carbonyl (C=O) groups excluding carboxylic acids is 1. The first kappa shape index (κ1) is 12.0. The lowest BCUT2D eigenvalue weighted by molar-refractivity contribution is -0.107. The topological polar surface area (TPSA) is 35.5 Å². The molecule has 0 radical (unpaired) electrons. The van der Waals surface area contributed by atoms with Gasteiger partial charge in [-0.3, -0.25) is 0 Å². The maximum absolute atomic E-state index is 10.1. The lowest BCUT2D eigenvalue weighted by atomic mass is 10.1. The fourth-order valence-electron chi connectivity index (χ4n) is 2.01. The van der Waals surface area contributed by atoms with Gasteiger partial charge in [0.05, 0.1) is 0 Å². The maximum atomic E-state index is 10.1. The van der Waals surface area contributed by atoms with Crippen LogP contribution >= 0.6 is 0 Å². The maximum Gasteiger partial charge on any atom is 0.231 e. The second kappa shape index (κ2) is 6.28. The summed E-state index contributed by atoms with van der Waals surface area (Å²) in [5, 5.41) is 0. The SMILES string of the molecule is O=CCCCCCCc1ccc2c(c1)OCO2. The van der Waals surface area contributed by atoms with Crippen LogP contribution in [0.15, 0.2) is 18.2 Å². The zero-order valence-electron chi connectivity index (χ0n) is 9.98. The molecule has 0 bridgehead atoms. The van der Waals surface area contributed by atoms with E-state index in [4.69, 9.17) is 9.47 Å². The number of benzene rings is 1. The highest BCUT2D eigenvalue weighted by atomic mass is 16.7. The van der Waals surface area contributed by atoms with E-state index in [0.717, 1.165) is 37.0 Å². The fourth-order valence-corrected chi connectivity index (χ4v) is 2.01. The monoisotopic (exact) mass is 234 g/mol. The van der Waals surface area contributed by atoms with Crippen molar-refractivity contribution in [2.24, 2.45) is 0 Å². The summed E-state index contributed by atoms with van der Waals surface area (Å²) in [6.45, 7) is 0.338. The predicted molar refractivity (Wildman–Crippen MR) is 65.4 cm³/mol. The molecule has 0 amide bonds. The van der Waals surface area contributed by atoms with Crippen molar-refractivity contribution < 1.29 is 14.3 Å². The summed E-state index contributed by atoms with van der Waals surface area (Å²) in [6, 6.07) is 6.14. The number of aryl methyl sites for hydroxylation is 1. The molecule has 0 atom stereocenters. The van der Waals surface area contributed by atoms with Gasteiger partial charge in [-0.2, -0.15) is 0 Å². The van der Waals surface area contributed by atoms with E-state index in [1.54, 1.807) is 0 Å². The molecule has 0 saturated carbocycles. The van der Waals surface area contributed by atoms with Crippen molar-refractivity contribution in [2.75, 3.05) is 6.79 Å². The van der Waals surface area contributed by atoms with Crippen molar-refractivity contribution in [3.8, 4) is 11.5 Å². The van der Waals surface area contributed by atoms with Crippen molar-refractivity contribution >= 4 is 6.29 Å². The van der Waals surface area contributed by atoms with Crippen LogP contribution in [0.1, 0.15) is 37.7 Å². The zero-order valence-corrected chi connectivity index (χ0v) is 9.98. The average molecular weight is 234 g/mol.